The van der Waals surface area contributed by atoms with Crippen LogP contribution in [0.4, 0.5) is 19.0 Å². The van der Waals surface area contributed by atoms with Crippen molar-refractivity contribution in [2.75, 3.05) is 31.1 Å². The normalized spacial score (nSPS) is 16.7. The number of halogens is 3. The molecule has 0 atom stereocenters. The molecule has 9 nitrogen and oxygen atoms in total. The fraction of sp³-hybridized carbons (Fsp3) is 0.385. The Morgan fingerprint density at radius 3 is 2.45 bits per heavy atom. The molecule has 4 heterocycles. The monoisotopic (exact) mass is 525 g/mol. The number of anilines is 1. The summed E-state index contributed by atoms with van der Waals surface area (Å²) in [6.07, 6.45) is -0.179. The molecule has 0 radical (unpaired) electrons. The second kappa shape index (κ2) is 9.75. The molecule has 0 amide bonds. The molecule has 1 saturated heterocycles. The van der Waals surface area contributed by atoms with Gasteiger partial charge in [0.25, 0.3) is 5.89 Å². The topological polar surface area (TPSA) is 85.3 Å². The average molecular weight is 526 g/mol. The van der Waals surface area contributed by atoms with Gasteiger partial charge in [0.1, 0.15) is 11.6 Å². The number of aryl methyl sites for hydroxylation is 1. The molecule has 12 heteroatoms. The summed E-state index contributed by atoms with van der Waals surface area (Å²) in [5.41, 5.74) is 2.94. The Morgan fingerprint density at radius 2 is 1.79 bits per heavy atom. The average Bonchev–Trinajstić information content (AvgIpc) is 3.52. The van der Waals surface area contributed by atoms with Gasteiger partial charge in [-0.1, -0.05) is 11.2 Å². The number of hydrogen-bond acceptors (Lipinski definition) is 8. The van der Waals surface area contributed by atoms with Gasteiger partial charge in [0.2, 0.25) is 5.82 Å². The van der Waals surface area contributed by atoms with E-state index in [-0.39, 0.29) is 17.5 Å². The summed E-state index contributed by atoms with van der Waals surface area (Å²) in [7, 11) is 0. The minimum absolute atomic E-state index is 0.219. The lowest BCUT2D eigenvalue weighted by atomic mass is 10.2. The van der Waals surface area contributed by atoms with Gasteiger partial charge in [-0.3, -0.25) is 9.58 Å². The highest BCUT2D eigenvalue weighted by molar-refractivity contribution is 5.59. The predicted octanol–water partition coefficient (Wildman–Crippen LogP) is 4.53. The maximum Gasteiger partial charge on any atom is 0.573 e. The van der Waals surface area contributed by atoms with Crippen molar-refractivity contribution in [3.8, 4) is 28.7 Å². The molecule has 1 aliphatic heterocycles. The second-order valence-corrected chi connectivity index (χ2v) is 9.60. The Bertz CT molecular complexity index is 1390. The van der Waals surface area contributed by atoms with Gasteiger partial charge in [-0.05, 0) is 61.7 Å². The molecule has 2 aliphatic rings. The molecule has 38 heavy (non-hydrogen) atoms. The molecule has 1 aromatic carbocycles. The summed E-state index contributed by atoms with van der Waals surface area (Å²) in [6.45, 7) is 6.67. The van der Waals surface area contributed by atoms with E-state index in [0.29, 0.717) is 17.8 Å². The Kier molecular flexibility index (Phi) is 6.26. The molecule has 1 saturated carbocycles. The van der Waals surface area contributed by atoms with Gasteiger partial charge in [-0.15, -0.1) is 13.2 Å². The number of pyridine rings is 1. The van der Waals surface area contributed by atoms with E-state index in [1.54, 1.807) is 0 Å². The number of ether oxygens (including phenoxy) is 1. The van der Waals surface area contributed by atoms with Crippen LogP contribution in [0.15, 0.2) is 53.2 Å². The molecule has 0 spiro atoms. The summed E-state index contributed by atoms with van der Waals surface area (Å²) in [4.78, 5) is 14.0. The van der Waals surface area contributed by atoms with Crippen LogP contribution in [-0.2, 0) is 6.54 Å². The van der Waals surface area contributed by atoms with Gasteiger partial charge in [-0.2, -0.15) is 10.1 Å². The van der Waals surface area contributed by atoms with Crippen LogP contribution in [0, 0.1) is 6.92 Å². The maximum absolute atomic E-state index is 12.4. The van der Waals surface area contributed by atoms with E-state index in [4.69, 9.17) is 9.51 Å². The molecule has 3 aromatic heterocycles. The molecule has 0 N–H and O–H groups in total. The van der Waals surface area contributed by atoms with Crippen LogP contribution in [0.5, 0.6) is 5.75 Å². The van der Waals surface area contributed by atoms with E-state index in [1.165, 1.54) is 37.1 Å². The zero-order valence-corrected chi connectivity index (χ0v) is 20.7. The first-order chi connectivity index (χ1) is 18.3. The summed E-state index contributed by atoms with van der Waals surface area (Å²) < 4.78 is 48.3. The number of piperazine rings is 1. The molecule has 2 fully saturated rings. The van der Waals surface area contributed by atoms with E-state index in [9.17, 15) is 13.2 Å². The number of hydrogen-bond donors (Lipinski definition) is 0. The van der Waals surface area contributed by atoms with Crippen molar-refractivity contribution in [3.63, 3.8) is 0 Å². The number of aromatic nitrogens is 5. The maximum atomic E-state index is 12.4. The molecule has 1 aliphatic carbocycles. The lowest BCUT2D eigenvalue weighted by molar-refractivity contribution is -0.274. The number of rotatable bonds is 7. The fourth-order valence-corrected chi connectivity index (χ4v) is 4.65. The Morgan fingerprint density at radius 1 is 1.03 bits per heavy atom. The third kappa shape index (κ3) is 5.49. The van der Waals surface area contributed by atoms with Crippen molar-refractivity contribution >= 4 is 5.82 Å². The largest absolute Gasteiger partial charge is 0.573 e. The zero-order valence-electron chi connectivity index (χ0n) is 20.7. The minimum atomic E-state index is -4.75. The number of alkyl halides is 3. The van der Waals surface area contributed by atoms with Crippen LogP contribution in [0.1, 0.15) is 24.1 Å². The summed E-state index contributed by atoms with van der Waals surface area (Å²) in [5.74, 6) is 1.14. The summed E-state index contributed by atoms with van der Waals surface area (Å²) in [6, 6.07) is 12.1. The molecular formula is C26H26F3N7O2. The summed E-state index contributed by atoms with van der Waals surface area (Å²) >= 11 is 0. The van der Waals surface area contributed by atoms with Crippen LogP contribution in [0.3, 0.4) is 0 Å². The molecular weight excluding hydrogens is 499 g/mol. The zero-order chi connectivity index (χ0) is 26.3. The lowest BCUT2D eigenvalue weighted by Crippen LogP contribution is -2.47. The first-order valence-corrected chi connectivity index (χ1v) is 12.5. The first kappa shape index (κ1) is 24.4. The van der Waals surface area contributed by atoms with Crippen LogP contribution in [-0.4, -0.2) is 68.4 Å². The van der Waals surface area contributed by atoms with Crippen molar-refractivity contribution < 1.29 is 22.4 Å². The molecule has 198 valence electrons. The van der Waals surface area contributed by atoms with Gasteiger partial charge in [-0.25, -0.2) is 4.98 Å². The lowest BCUT2D eigenvalue weighted by Gasteiger charge is -2.35. The highest BCUT2D eigenvalue weighted by atomic mass is 19.4. The molecule has 0 unspecified atom stereocenters. The third-order valence-electron chi connectivity index (χ3n) is 6.82. The van der Waals surface area contributed by atoms with Gasteiger partial charge < -0.3 is 14.2 Å². The van der Waals surface area contributed by atoms with Crippen molar-refractivity contribution in [3.05, 3.63) is 59.9 Å². The Hall–Kier alpha value is -3.93. The SMILES string of the molecule is Cc1cc(-c2nc(-c3ccc(OC(F)(F)F)cc3)no2)nn1Cc1ccc(N2CCN(C3CC3)CC2)nc1. The van der Waals surface area contributed by atoms with E-state index in [0.717, 1.165) is 49.3 Å². The fourth-order valence-electron chi connectivity index (χ4n) is 4.65. The van der Waals surface area contributed by atoms with E-state index < -0.39 is 6.36 Å². The van der Waals surface area contributed by atoms with Crippen LogP contribution >= 0.6 is 0 Å². The summed E-state index contributed by atoms with van der Waals surface area (Å²) in [5, 5.41) is 8.56. The van der Waals surface area contributed by atoms with Crippen molar-refractivity contribution in [2.45, 2.75) is 38.7 Å². The van der Waals surface area contributed by atoms with Crippen LogP contribution < -0.4 is 9.64 Å². The third-order valence-corrected chi connectivity index (χ3v) is 6.82. The quantitative estimate of drug-likeness (QED) is 0.348. The molecule has 4 aromatic rings. The minimum Gasteiger partial charge on any atom is -0.406 e. The van der Waals surface area contributed by atoms with Gasteiger partial charge in [0.15, 0.2) is 5.69 Å². The van der Waals surface area contributed by atoms with Crippen LogP contribution in [0.2, 0.25) is 0 Å². The van der Waals surface area contributed by atoms with E-state index in [2.05, 4.69) is 41.9 Å². The Balaban J connectivity index is 1.10. The number of benzene rings is 1. The number of nitrogens with zero attached hydrogens (tertiary/aromatic N) is 7. The molecule has 0 bridgehead atoms. The first-order valence-electron chi connectivity index (χ1n) is 12.5. The van der Waals surface area contributed by atoms with E-state index in [1.807, 2.05) is 23.9 Å². The van der Waals surface area contributed by atoms with Gasteiger partial charge in [0.05, 0.1) is 6.54 Å². The molecule has 6 rings (SSSR count). The smallest absolute Gasteiger partial charge is 0.406 e. The van der Waals surface area contributed by atoms with Gasteiger partial charge in [0, 0.05) is 49.7 Å². The van der Waals surface area contributed by atoms with Crippen LogP contribution in [0.25, 0.3) is 23.0 Å². The van der Waals surface area contributed by atoms with Crippen molar-refractivity contribution in [2.24, 2.45) is 0 Å². The van der Waals surface area contributed by atoms with E-state index >= 15 is 0 Å². The van der Waals surface area contributed by atoms with Crippen molar-refractivity contribution in [1.82, 2.24) is 29.8 Å². The highest BCUT2D eigenvalue weighted by Crippen LogP contribution is 2.29. The van der Waals surface area contributed by atoms with Gasteiger partial charge >= 0.3 is 6.36 Å². The second-order valence-electron chi connectivity index (χ2n) is 9.60. The highest BCUT2D eigenvalue weighted by Gasteiger charge is 2.32. The standard InChI is InChI=1S/C26H26F3N7O2/c1-17-14-22(25-31-24(33-38-25)19-3-7-21(8-4-19)37-26(27,28)29)32-36(17)16-18-2-9-23(30-15-18)35-12-10-34(11-13-35)20-5-6-20/h2-4,7-9,14-15,20H,5-6,10-13,16H2,1H3. The van der Waals surface area contributed by atoms with Crippen molar-refractivity contribution in [1.29, 1.82) is 0 Å². The predicted molar refractivity (Wildman–Crippen MR) is 133 cm³/mol. The Labute approximate surface area is 216 Å².